The molecular weight excluding hydrogens is 266 g/mol. The first kappa shape index (κ1) is 12.8. The zero-order chi connectivity index (χ0) is 12.4. The van der Waals surface area contributed by atoms with Gasteiger partial charge in [-0.25, -0.2) is 0 Å². The van der Waals surface area contributed by atoms with Crippen LogP contribution in [0.4, 0.5) is 0 Å². The number of hydrogen-bond donors (Lipinski definition) is 1. The molecule has 0 spiro atoms. The average Bonchev–Trinajstić information content (AvgIpc) is 2.91. The van der Waals surface area contributed by atoms with Gasteiger partial charge in [-0.1, -0.05) is 5.16 Å². The number of nitrogens with one attached hydrogen (secondary N) is 1. The van der Waals surface area contributed by atoms with Gasteiger partial charge in [-0.2, -0.15) is 16.7 Å². The number of nitrogens with zero attached hydrogens (tertiary/aromatic N) is 2. The van der Waals surface area contributed by atoms with Crippen LogP contribution in [0.3, 0.4) is 0 Å². The Morgan fingerprint density at radius 2 is 2.39 bits per heavy atom. The van der Waals surface area contributed by atoms with Crippen molar-refractivity contribution in [1.29, 1.82) is 0 Å². The molecule has 0 aromatic carbocycles. The summed E-state index contributed by atoms with van der Waals surface area (Å²) in [6, 6.07) is 0. The topological polar surface area (TPSA) is 51.0 Å². The Balaban J connectivity index is 1.75. The van der Waals surface area contributed by atoms with Crippen molar-refractivity contribution in [3.8, 4) is 0 Å². The van der Waals surface area contributed by atoms with Gasteiger partial charge in [0, 0.05) is 23.8 Å². The lowest BCUT2D eigenvalue weighted by atomic mass is 9.83. The molecule has 0 radical (unpaired) electrons. The second-order valence-corrected chi connectivity index (χ2v) is 7.69. The van der Waals surface area contributed by atoms with Crippen LogP contribution in [0.5, 0.6) is 0 Å². The SMILES string of the molecule is CC1(c2nc(C3CSCCS3)no2)CCCNC1. The van der Waals surface area contributed by atoms with Crippen molar-refractivity contribution in [2.75, 3.05) is 30.3 Å². The van der Waals surface area contributed by atoms with E-state index >= 15 is 0 Å². The highest BCUT2D eigenvalue weighted by Gasteiger charge is 2.35. The summed E-state index contributed by atoms with van der Waals surface area (Å²) >= 11 is 3.94. The summed E-state index contributed by atoms with van der Waals surface area (Å²) in [6.45, 7) is 4.27. The summed E-state index contributed by atoms with van der Waals surface area (Å²) in [5.74, 6) is 5.26. The zero-order valence-corrected chi connectivity index (χ0v) is 12.3. The lowest BCUT2D eigenvalue weighted by molar-refractivity contribution is 0.244. The fraction of sp³-hybridized carbons (Fsp3) is 0.833. The highest BCUT2D eigenvalue weighted by molar-refractivity contribution is 8.06. The van der Waals surface area contributed by atoms with Crippen molar-refractivity contribution in [1.82, 2.24) is 15.5 Å². The smallest absolute Gasteiger partial charge is 0.233 e. The molecule has 2 aliphatic heterocycles. The average molecular weight is 285 g/mol. The number of rotatable bonds is 2. The Labute approximate surface area is 116 Å². The summed E-state index contributed by atoms with van der Waals surface area (Å²) in [4.78, 5) is 4.68. The van der Waals surface area contributed by atoms with Crippen LogP contribution < -0.4 is 5.32 Å². The summed E-state index contributed by atoms with van der Waals surface area (Å²) in [5.41, 5.74) is 0.0238. The molecule has 1 aromatic rings. The van der Waals surface area contributed by atoms with E-state index in [-0.39, 0.29) is 5.41 Å². The van der Waals surface area contributed by atoms with Gasteiger partial charge in [-0.3, -0.25) is 0 Å². The maximum absolute atomic E-state index is 5.54. The van der Waals surface area contributed by atoms with Crippen molar-refractivity contribution in [2.24, 2.45) is 0 Å². The van der Waals surface area contributed by atoms with E-state index < -0.39 is 0 Å². The van der Waals surface area contributed by atoms with Gasteiger partial charge in [0.1, 0.15) is 0 Å². The molecule has 2 fully saturated rings. The lowest BCUT2D eigenvalue weighted by Crippen LogP contribution is -2.41. The van der Waals surface area contributed by atoms with Gasteiger partial charge in [0.15, 0.2) is 5.82 Å². The van der Waals surface area contributed by atoms with E-state index in [9.17, 15) is 0 Å². The molecule has 0 amide bonds. The molecule has 100 valence electrons. The van der Waals surface area contributed by atoms with Crippen LogP contribution in [0.1, 0.15) is 36.7 Å². The molecule has 3 rings (SSSR count). The molecule has 6 heteroatoms. The van der Waals surface area contributed by atoms with Crippen LogP contribution in [0, 0.1) is 0 Å². The first-order chi connectivity index (χ1) is 8.78. The molecule has 2 aliphatic rings. The largest absolute Gasteiger partial charge is 0.339 e. The van der Waals surface area contributed by atoms with Crippen molar-refractivity contribution >= 4 is 23.5 Å². The molecule has 0 bridgehead atoms. The van der Waals surface area contributed by atoms with E-state index in [1.165, 1.54) is 17.9 Å². The first-order valence-corrected chi connectivity index (χ1v) is 8.72. The van der Waals surface area contributed by atoms with Gasteiger partial charge in [0.25, 0.3) is 0 Å². The van der Waals surface area contributed by atoms with E-state index in [1.54, 1.807) is 0 Å². The van der Waals surface area contributed by atoms with Gasteiger partial charge in [-0.15, -0.1) is 11.8 Å². The third-order valence-electron chi connectivity index (χ3n) is 3.66. The van der Waals surface area contributed by atoms with Crippen LogP contribution in [-0.2, 0) is 5.41 Å². The van der Waals surface area contributed by atoms with Gasteiger partial charge in [-0.05, 0) is 26.3 Å². The maximum atomic E-state index is 5.54. The number of hydrogen-bond acceptors (Lipinski definition) is 6. The molecule has 1 N–H and O–H groups in total. The maximum Gasteiger partial charge on any atom is 0.233 e. The van der Waals surface area contributed by atoms with E-state index in [0.717, 1.165) is 37.0 Å². The van der Waals surface area contributed by atoms with Gasteiger partial charge in [0.2, 0.25) is 5.89 Å². The van der Waals surface area contributed by atoms with Crippen LogP contribution in [-0.4, -0.2) is 40.5 Å². The van der Waals surface area contributed by atoms with Gasteiger partial charge < -0.3 is 9.84 Å². The number of piperidine rings is 1. The molecule has 0 saturated carbocycles. The van der Waals surface area contributed by atoms with Crippen molar-refractivity contribution in [2.45, 2.75) is 30.4 Å². The van der Waals surface area contributed by atoms with E-state index in [1.807, 2.05) is 23.5 Å². The summed E-state index contributed by atoms with van der Waals surface area (Å²) < 4.78 is 5.54. The summed E-state index contributed by atoms with van der Waals surface area (Å²) in [7, 11) is 0. The third-order valence-corrected chi connectivity index (χ3v) is 6.41. The van der Waals surface area contributed by atoms with E-state index in [4.69, 9.17) is 4.52 Å². The standard InChI is InChI=1S/C12H19N3OS2/c1-12(3-2-4-13-8-12)11-14-10(15-16-11)9-7-17-5-6-18-9/h9,13H,2-8H2,1H3. The quantitative estimate of drug-likeness (QED) is 0.899. The predicted octanol–water partition coefficient (Wildman–Crippen LogP) is 2.23. The highest BCUT2D eigenvalue weighted by Crippen LogP contribution is 2.37. The molecule has 2 unspecified atom stereocenters. The Hall–Kier alpha value is -0.200. The van der Waals surface area contributed by atoms with Gasteiger partial charge >= 0.3 is 0 Å². The van der Waals surface area contributed by atoms with Crippen LogP contribution in [0.2, 0.25) is 0 Å². The molecule has 18 heavy (non-hydrogen) atoms. The molecule has 4 nitrogen and oxygen atoms in total. The normalized spacial score (nSPS) is 33.5. The molecule has 2 saturated heterocycles. The minimum absolute atomic E-state index is 0.0238. The van der Waals surface area contributed by atoms with Crippen LogP contribution in [0.15, 0.2) is 4.52 Å². The fourth-order valence-corrected chi connectivity index (χ4v) is 5.08. The fourth-order valence-electron chi connectivity index (χ4n) is 2.49. The minimum Gasteiger partial charge on any atom is -0.339 e. The van der Waals surface area contributed by atoms with Crippen molar-refractivity contribution < 1.29 is 4.52 Å². The van der Waals surface area contributed by atoms with E-state index in [2.05, 4.69) is 22.4 Å². The minimum atomic E-state index is 0.0238. The Morgan fingerprint density at radius 3 is 3.11 bits per heavy atom. The predicted molar refractivity (Wildman–Crippen MR) is 76.3 cm³/mol. The zero-order valence-electron chi connectivity index (χ0n) is 10.6. The summed E-state index contributed by atoms with van der Waals surface area (Å²) in [5, 5.41) is 8.06. The lowest BCUT2D eigenvalue weighted by Gasteiger charge is -2.30. The van der Waals surface area contributed by atoms with Crippen molar-refractivity contribution in [3.05, 3.63) is 11.7 Å². The molecule has 0 aliphatic carbocycles. The highest BCUT2D eigenvalue weighted by atomic mass is 32.2. The first-order valence-electron chi connectivity index (χ1n) is 6.52. The van der Waals surface area contributed by atoms with Crippen molar-refractivity contribution in [3.63, 3.8) is 0 Å². The van der Waals surface area contributed by atoms with Crippen LogP contribution >= 0.6 is 23.5 Å². The second-order valence-electron chi connectivity index (χ2n) is 5.23. The molecule has 2 atom stereocenters. The molecular formula is C12H19N3OS2. The van der Waals surface area contributed by atoms with E-state index in [0.29, 0.717) is 5.25 Å². The second kappa shape index (κ2) is 5.43. The Morgan fingerprint density at radius 1 is 1.44 bits per heavy atom. The number of thioether (sulfide) groups is 2. The number of aromatic nitrogens is 2. The molecule has 1 aromatic heterocycles. The summed E-state index contributed by atoms with van der Waals surface area (Å²) in [6.07, 6.45) is 2.32. The van der Waals surface area contributed by atoms with Gasteiger partial charge in [0.05, 0.1) is 10.7 Å². The monoisotopic (exact) mass is 285 g/mol. The molecule has 3 heterocycles. The Bertz CT molecular complexity index is 398. The third kappa shape index (κ3) is 2.56. The Kier molecular flexibility index (Phi) is 3.86. The van der Waals surface area contributed by atoms with Crippen LogP contribution in [0.25, 0.3) is 0 Å².